The summed E-state index contributed by atoms with van der Waals surface area (Å²) in [5.74, 6) is -0.544. The van der Waals surface area contributed by atoms with E-state index in [-0.39, 0.29) is 11.1 Å². The Balaban J connectivity index is 3.01. The van der Waals surface area contributed by atoms with E-state index in [9.17, 15) is 14.3 Å². The molecule has 68 valence electrons. The molecule has 0 aromatic heterocycles. The molecule has 0 aliphatic carbocycles. The number of halogens is 1. The number of carbonyl (C=O) groups is 1. The lowest BCUT2D eigenvalue weighted by molar-refractivity contribution is -0.105. The highest BCUT2D eigenvalue weighted by atomic mass is 19.1. The van der Waals surface area contributed by atoms with Gasteiger partial charge in [-0.05, 0) is 6.07 Å². The molecule has 13 heavy (non-hydrogen) atoms. The van der Waals surface area contributed by atoms with Crippen LogP contribution in [0.3, 0.4) is 0 Å². The highest BCUT2D eigenvalue weighted by molar-refractivity contribution is 5.74. The normalized spacial score (nSPS) is 12.2. The highest BCUT2D eigenvalue weighted by Crippen LogP contribution is 2.21. The summed E-state index contributed by atoms with van der Waals surface area (Å²) in [6.07, 6.45) is -0.837. The third-order valence-electron chi connectivity index (χ3n) is 1.70. The quantitative estimate of drug-likeness (QED) is 0.566. The van der Waals surface area contributed by atoms with Crippen molar-refractivity contribution in [2.45, 2.75) is 6.10 Å². The SMILES string of the molecule is C=C(C=O)C(O)c1ccccc1F. The van der Waals surface area contributed by atoms with Crippen LogP contribution in [0.25, 0.3) is 0 Å². The standard InChI is InChI=1S/C10H9FO2/c1-7(6-12)10(13)8-4-2-3-5-9(8)11/h2-6,10,13H,1H2. The second kappa shape index (κ2) is 3.96. The number of rotatable bonds is 3. The third-order valence-corrected chi connectivity index (χ3v) is 1.70. The topological polar surface area (TPSA) is 37.3 Å². The number of hydrogen-bond acceptors (Lipinski definition) is 2. The van der Waals surface area contributed by atoms with Crippen LogP contribution in [0.4, 0.5) is 4.39 Å². The molecule has 1 aromatic carbocycles. The number of aliphatic hydroxyl groups is 1. The minimum absolute atomic E-state index is 0.0508. The fraction of sp³-hybridized carbons (Fsp3) is 0.100. The second-order valence-corrected chi connectivity index (χ2v) is 2.62. The minimum Gasteiger partial charge on any atom is -0.383 e. The van der Waals surface area contributed by atoms with E-state index < -0.39 is 11.9 Å². The van der Waals surface area contributed by atoms with E-state index >= 15 is 0 Å². The Morgan fingerprint density at radius 2 is 2.15 bits per heavy atom. The van der Waals surface area contributed by atoms with Gasteiger partial charge < -0.3 is 5.11 Å². The summed E-state index contributed by atoms with van der Waals surface area (Å²) >= 11 is 0. The Bertz CT molecular complexity index is 333. The molecule has 0 aliphatic heterocycles. The summed E-state index contributed by atoms with van der Waals surface area (Å²) in [4.78, 5) is 10.2. The van der Waals surface area contributed by atoms with Gasteiger partial charge in [-0.25, -0.2) is 4.39 Å². The second-order valence-electron chi connectivity index (χ2n) is 2.62. The molecule has 0 amide bonds. The van der Waals surface area contributed by atoms with Crippen molar-refractivity contribution in [1.29, 1.82) is 0 Å². The van der Waals surface area contributed by atoms with Gasteiger partial charge in [0.2, 0.25) is 0 Å². The van der Waals surface area contributed by atoms with E-state index in [4.69, 9.17) is 0 Å². The molecule has 2 nitrogen and oxygen atoms in total. The average Bonchev–Trinajstić information content (AvgIpc) is 2.16. The highest BCUT2D eigenvalue weighted by Gasteiger charge is 2.14. The number of benzene rings is 1. The fourth-order valence-electron chi connectivity index (χ4n) is 0.961. The van der Waals surface area contributed by atoms with Crippen LogP contribution < -0.4 is 0 Å². The van der Waals surface area contributed by atoms with Crippen molar-refractivity contribution in [3.05, 3.63) is 47.8 Å². The fourth-order valence-corrected chi connectivity index (χ4v) is 0.961. The summed E-state index contributed by atoms with van der Waals surface area (Å²) in [5, 5.41) is 9.40. The molecule has 0 fully saturated rings. The number of hydrogen-bond donors (Lipinski definition) is 1. The van der Waals surface area contributed by atoms with Crippen LogP contribution in [-0.4, -0.2) is 11.4 Å². The predicted octanol–water partition coefficient (Wildman–Crippen LogP) is 1.61. The van der Waals surface area contributed by atoms with Gasteiger partial charge in [0.1, 0.15) is 18.2 Å². The summed E-state index contributed by atoms with van der Waals surface area (Å²) < 4.78 is 13.0. The zero-order valence-electron chi connectivity index (χ0n) is 6.90. The van der Waals surface area contributed by atoms with Crippen LogP contribution in [0.2, 0.25) is 0 Å². The van der Waals surface area contributed by atoms with Crippen molar-refractivity contribution in [2.24, 2.45) is 0 Å². The molecule has 1 rings (SSSR count). The molecule has 0 aliphatic rings. The van der Waals surface area contributed by atoms with Crippen molar-refractivity contribution in [3.8, 4) is 0 Å². The van der Waals surface area contributed by atoms with Crippen molar-refractivity contribution in [2.75, 3.05) is 0 Å². The van der Waals surface area contributed by atoms with Crippen LogP contribution in [-0.2, 0) is 4.79 Å². The summed E-state index contributed by atoms with van der Waals surface area (Å²) in [7, 11) is 0. The Hall–Kier alpha value is -1.48. The molecule has 0 saturated carbocycles. The summed E-state index contributed by atoms with van der Waals surface area (Å²) in [6, 6.07) is 5.72. The number of carbonyl (C=O) groups excluding carboxylic acids is 1. The van der Waals surface area contributed by atoms with Crippen LogP contribution in [0, 0.1) is 5.82 Å². The molecular weight excluding hydrogens is 171 g/mol. The first-order valence-corrected chi connectivity index (χ1v) is 3.73. The molecular formula is C10H9FO2. The molecule has 0 saturated heterocycles. The van der Waals surface area contributed by atoms with Crippen LogP contribution >= 0.6 is 0 Å². The first kappa shape index (κ1) is 9.61. The lowest BCUT2D eigenvalue weighted by Gasteiger charge is -2.09. The van der Waals surface area contributed by atoms with Gasteiger partial charge in [-0.2, -0.15) is 0 Å². The largest absolute Gasteiger partial charge is 0.383 e. The van der Waals surface area contributed by atoms with Gasteiger partial charge in [-0.1, -0.05) is 24.8 Å². The van der Waals surface area contributed by atoms with E-state index in [1.54, 1.807) is 6.07 Å². The van der Waals surface area contributed by atoms with Crippen molar-refractivity contribution in [3.63, 3.8) is 0 Å². The zero-order chi connectivity index (χ0) is 9.84. The Kier molecular flexibility index (Phi) is 2.93. The van der Waals surface area contributed by atoms with Crippen LogP contribution in [0.5, 0.6) is 0 Å². The van der Waals surface area contributed by atoms with E-state index in [0.29, 0.717) is 6.29 Å². The smallest absolute Gasteiger partial charge is 0.148 e. The van der Waals surface area contributed by atoms with Crippen molar-refractivity contribution in [1.82, 2.24) is 0 Å². The Morgan fingerprint density at radius 3 is 2.69 bits per heavy atom. The van der Waals surface area contributed by atoms with Gasteiger partial charge in [-0.15, -0.1) is 0 Å². The monoisotopic (exact) mass is 180 g/mol. The van der Waals surface area contributed by atoms with Crippen molar-refractivity contribution < 1.29 is 14.3 Å². The lowest BCUT2D eigenvalue weighted by Crippen LogP contribution is -2.03. The van der Waals surface area contributed by atoms with E-state index in [1.807, 2.05) is 0 Å². The average molecular weight is 180 g/mol. The van der Waals surface area contributed by atoms with E-state index in [2.05, 4.69) is 6.58 Å². The molecule has 3 heteroatoms. The summed E-state index contributed by atoms with van der Waals surface area (Å²) in [6.45, 7) is 3.31. The van der Waals surface area contributed by atoms with Crippen molar-refractivity contribution >= 4 is 6.29 Å². The van der Waals surface area contributed by atoms with Gasteiger partial charge in [0.15, 0.2) is 0 Å². The maximum absolute atomic E-state index is 13.0. The number of aldehydes is 1. The van der Waals surface area contributed by atoms with Crippen LogP contribution in [0.15, 0.2) is 36.4 Å². The third kappa shape index (κ3) is 2.00. The molecule has 0 heterocycles. The predicted molar refractivity (Wildman–Crippen MR) is 46.6 cm³/mol. The molecule has 1 unspecified atom stereocenters. The van der Waals surface area contributed by atoms with Gasteiger partial charge in [0.25, 0.3) is 0 Å². The molecule has 0 bridgehead atoms. The Labute approximate surface area is 75.3 Å². The minimum atomic E-state index is -1.25. The van der Waals surface area contributed by atoms with E-state index in [0.717, 1.165) is 0 Å². The molecule has 0 radical (unpaired) electrons. The lowest BCUT2D eigenvalue weighted by atomic mass is 10.0. The number of aliphatic hydroxyl groups excluding tert-OH is 1. The zero-order valence-corrected chi connectivity index (χ0v) is 6.90. The Morgan fingerprint density at radius 1 is 1.54 bits per heavy atom. The van der Waals surface area contributed by atoms with Gasteiger partial charge >= 0.3 is 0 Å². The maximum Gasteiger partial charge on any atom is 0.148 e. The van der Waals surface area contributed by atoms with Gasteiger partial charge in [0.05, 0.1) is 0 Å². The molecule has 1 atom stereocenters. The molecule has 1 N–H and O–H groups in total. The van der Waals surface area contributed by atoms with Gasteiger partial charge in [-0.3, -0.25) is 4.79 Å². The first-order chi connectivity index (χ1) is 6.16. The maximum atomic E-state index is 13.0. The van der Waals surface area contributed by atoms with Gasteiger partial charge in [0, 0.05) is 11.1 Å². The molecule has 1 aromatic rings. The van der Waals surface area contributed by atoms with Crippen LogP contribution in [0.1, 0.15) is 11.7 Å². The molecule has 0 spiro atoms. The summed E-state index contributed by atoms with van der Waals surface area (Å²) in [5.41, 5.74) is 0.0182. The first-order valence-electron chi connectivity index (χ1n) is 3.73. The van der Waals surface area contributed by atoms with E-state index in [1.165, 1.54) is 18.2 Å².